The van der Waals surface area contributed by atoms with E-state index in [1.54, 1.807) is 11.3 Å². The molecule has 26 heavy (non-hydrogen) atoms. The van der Waals surface area contributed by atoms with Gasteiger partial charge in [-0.3, -0.25) is 14.9 Å². The lowest BCUT2D eigenvalue weighted by Crippen LogP contribution is -2.34. The average molecular weight is 346 g/mol. The van der Waals surface area contributed by atoms with Gasteiger partial charge in [0.1, 0.15) is 0 Å². The van der Waals surface area contributed by atoms with Crippen molar-refractivity contribution in [1.29, 1.82) is 0 Å². The van der Waals surface area contributed by atoms with E-state index in [0.717, 1.165) is 24.4 Å². The van der Waals surface area contributed by atoms with Gasteiger partial charge >= 0.3 is 0 Å². The Hall–Kier alpha value is -2.20. The molecule has 0 unspecified atom stereocenters. The monoisotopic (exact) mass is 346 g/mol. The Bertz CT molecular complexity index is 970. The van der Waals surface area contributed by atoms with Gasteiger partial charge in [0.15, 0.2) is 0 Å². The number of hydrogen-bond acceptors (Lipinski definition) is 3. The molecule has 0 radical (unpaired) electrons. The molecule has 1 saturated heterocycles. The van der Waals surface area contributed by atoms with Crippen molar-refractivity contribution < 1.29 is 0 Å². The van der Waals surface area contributed by atoms with E-state index in [4.69, 9.17) is 0 Å². The van der Waals surface area contributed by atoms with E-state index in [1.165, 1.54) is 35.7 Å². The third-order valence-corrected chi connectivity index (χ3v) is 6.40. The highest BCUT2D eigenvalue weighted by atomic mass is 15.2. The molecule has 2 bridgehead atoms. The van der Waals surface area contributed by atoms with Gasteiger partial charge in [-0.2, -0.15) is 0 Å². The summed E-state index contributed by atoms with van der Waals surface area (Å²) >= 11 is 0. The molecular weight excluding hydrogens is 320 g/mol. The fourth-order valence-electron chi connectivity index (χ4n) is 5.00. The van der Waals surface area contributed by atoms with Gasteiger partial charge in [-0.05, 0) is 51.4 Å². The second-order valence-electron chi connectivity index (χ2n) is 8.05. The minimum atomic E-state index is 0.591. The van der Waals surface area contributed by atoms with Gasteiger partial charge in [0.2, 0.25) is 0 Å². The molecule has 1 aromatic carbocycles. The summed E-state index contributed by atoms with van der Waals surface area (Å²) in [6, 6.07) is 8.25. The zero-order chi connectivity index (χ0) is 17.8. The Morgan fingerprint density at radius 2 is 2.00 bits per heavy atom. The van der Waals surface area contributed by atoms with Crippen LogP contribution < -0.4 is 0 Å². The van der Waals surface area contributed by atoms with Crippen LogP contribution in [0.15, 0.2) is 30.6 Å². The fraction of sp³-hybridized carbons (Fsp3) is 0.455. The first-order valence-electron chi connectivity index (χ1n) is 9.73. The summed E-state index contributed by atoms with van der Waals surface area (Å²) in [5.41, 5.74) is 7.96. The summed E-state index contributed by atoms with van der Waals surface area (Å²) in [6.45, 7) is 5.17. The van der Waals surface area contributed by atoms with Crippen LogP contribution in [0.25, 0.3) is 10.9 Å². The highest BCUT2D eigenvalue weighted by Gasteiger charge is 2.40. The van der Waals surface area contributed by atoms with E-state index in [9.17, 15) is 0 Å². The molecule has 2 atom stereocenters. The molecule has 2 aromatic heterocycles. The summed E-state index contributed by atoms with van der Waals surface area (Å²) in [5.74, 6) is 0. The fourth-order valence-corrected chi connectivity index (χ4v) is 5.00. The highest BCUT2D eigenvalue weighted by Crippen LogP contribution is 2.46. The Morgan fingerprint density at radius 1 is 1.12 bits per heavy atom. The molecule has 0 spiro atoms. The van der Waals surface area contributed by atoms with Crippen LogP contribution in [0, 0.1) is 13.8 Å². The first-order valence-corrected chi connectivity index (χ1v) is 9.73. The van der Waals surface area contributed by atoms with Gasteiger partial charge in [-0.15, -0.1) is 0 Å². The summed E-state index contributed by atoms with van der Waals surface area (Å²) in [6.07, 6.45) is 8.53. The van der Waals surface area contributed by atoms with Gasteiger partial charge < -0.3 is 4.57 Å². The molecule has 2 aliphatic heterocycles. The Kier molecular flexibility index (Phi) is 3.64. The maximum atomic E-state index is 4.55. The topological polar surface area (TPSA) is 34.0 Å². The number of rotatable bonds is 3. The quantitative estimate of drug-likeness (QED) is 0.719. The molecule has 134 valence electrons. The number of likely N-dealkylation sites (N-methyl/N-ethyl adjacent to an activating group) is 1. The molecule has 4 nitrogen and oxygen atoms in total. The predicted molar refractivity (Wildman–Crippen MR) is 104 cm³/mol. The van der Waals surface area contributed by atoms with Crippen molar-refractivity contribution in [2.24, 2.45) is 0 Å². The van der Waals surface area contributed by atoms with Crippen LogP contribution in [0.4, 0.5) is 0 Å². The first-order chi connectivity index (χ1) is 12.6. The number of benzene rings is 1. The van der Waals surface area contributed by atoms with E-state index in [0.29, 0.717) is 12.1 Å². The second kappa shape index (κ2) is 5.92. The molecular formula is C22H26N4. The van der Waals surface area contributed by atoms with Crippen molar-refractivity contribution in [3.63, 3.8) is 0 Å². The van der Waals surface area contributed by atoms with Crippen LogP contribution in [-0.4, -0.2) is 32.5 Å². The number of nitrogens with zero attached hydrogens (tertiary/aromatic N) is 4. The minimum absolute atomic E-state index is 0.591. The van der Waals surface area contributed by atoms with E-state index in [1.807, 2.05) is 19.3 Å². The summed E-state index contributed by atoms with van der Waals surface area (Å²) in [7, 11) is 2.31. The third-order valence-electron chi connectivity index (χ3n) is 6.40. The van der Waals surface area contributed by atoms with Crippen molar-refractivity contribution in [2.75, 3.05) is 7.05 Å². The number of aryl methyl sites for hydroxylation is 4. The predicted octanol–water partition coefficient (Wildman–Crippen LogP) is 3.98. The maximum Gasteiger partial charge on any atom is 0.0604 e. The molecule has 1 fully saturated rings. The van der Waals surface area contributed by atoms with Gasteiger partial charge in [0.05, 0.1) is 11.4 Å². The molecule has 3 aromatic rings. The molecule has 0 N–H and O–H groups in total. The van der Waals surface area contributed by atoms with Gasteiger partial charge in [0, 0.05) is 60.5 Å². The van der Waals surface area contributed by atoms with E-state index in [-0.39, 0.29) is 0 Å². The zero-order valence-electron chi connectivity index (χ0n) is 15.9. The van der Waals surface area contributed by atoms with Gasteiger partial charge in [-0.25, -0.2) is 0 Å². The molecule has 0 aliphatic carbocycles. The van der Waals surface area contributed by atoms with Gasteiger partial charge in [-0.1, -0.05) is 11.6 Å². The van der Waals surface area contributed by atoms with Crippen LogP contribution in [0.2, 0.25) is 0 Å². The van der Waals surface area contributed by atoms with Crippen LogP contribution >= 0.6 is 0 Å². The van der Waals surface area contributed by atoms with Gasteiger partial charge in [0.25, 0.3) is 0 Å². The van der Waals surface area contributed by atoms with Crippen LogP contribution in [0.5, 0.6) is 0 Å². The zero-order valence-corrected chi connectivity index (χ0v) is 15.9. The molecule has 4 heteroatoms. The van der Waals surface area contributed by atoms with E-state index in [2.05, 4.69) is 51.6 Å². The summed E-state index contributed by atoms with van der Waals surface area (Å²) in [5, 5.41) is 1.46. The lowest BCUT2D eigenvalue weighted by molar-refractivity contribution is 0.222. The van der Waals surface area contributed by atoms with Crippen LogP contribution in [0.1, 0.15) is 47.1 Å². The highest BCUT2D eigenvalue weighted by molar-refractivity contribution is 5.87. The van der Waals surface area contributed by atoms with Crippen molar-refractivity contribution in [3.05, 3.63) is 58.8 Å². The van der Waals surface area contributed by atoms with Crippen molar-refractivity contribution >= 4 is 10.9 Å². The molecule has 2 aliphatic rings. The first kappa shape index (κ1) is 16.0. The maximum absolute atomic E-state index is 4.55. The van der Waals surface area contributed by atoms with Crippen molar-refractivity contribution in [3.8, 4) is 0 Å². The number of hydrogen-bond donors (Lipinski definition) is 0. The van der Waals surface area contributed by atoms with E-state index >= 15 is 0 Å². The molecule has 4 heterocycles. The van der Waals surface area contributed by atoms with Crippen molar-refractivity contribution in [1.82, 2.24) is 19.4 Å². The smallest absolute Gasteiger partial charge is 0.0604 e. The average Bonchev–Trinajstić information content (AvgIpc) is 3.04. The normalized spacial score (nSPS) is 22.1. The van der Waals surface area contributed by atoms with Crippen molar-refractivity contribution in [2.45, 2.75) is 58.2 Å². The Labute approximate surface area is 154 Å². The number of fused-ring (bicyclic) bond motifs is 6. The minimum Gasteiger partial charge on any atom is -0.344 e. The Balaban J connectivity index is 1.59. The van der Waals surface area contributed by atoms with Crippen LogP contribution in [-0.2, 0) is 19.4 Å². The largest absolute Gasteiger partial charge is 0.344 e. The molecule has 0 amide bonds. The molecule has 0 saturated carbocycles. The summed E-state index contributed by atoms with van der Waals surface area (Å²) < 4.78 is 2.57. The Morgan fingerprint density at radius 3 is 2.81 bits per heavy atom. The van der Waals surface area contributed by atoms with E-state index < -0.39 is 0 Å². The SMILES string of the molecule is Cc1ccc2c(c1)c1c(n2CCc2cnc(C)cn2)C[C@H]2CC[C@@H]1N2C. The second-order valence-corrected chi connectivity index (χ2v) is 8.05. The molecule has 5 rings (SSSR count). The lowest BCUT2D eigenvalue weighted by Gasteiger charge is -2.32. The third kappa shape index (κ3) is 2.39. The number of aromatic nitrogens is 3. The lowest BCUT2D eigenvalue weighted by atomic mass is 9.97. The standard InChI is InChI=1S/C22H26N4/c1-14-4-6-19-18(10-14)22-20-7-5-17(25(20)3)11-21(22)26(19)9-8-16-13-23-15(2)12-24-16/h4,6,10,12-13,17,20H,5,7-9,11H2,1-3H3/t17-,20+/m1/s1. The van der Waals surface area contributed by atoms with Crippen LogP contribution in [0.3, 0.4) is 0 Å². The summed E-state index contributed by atoms with van der Waals surface area (Å²) in [4.78, 5) is 11.6.